The summed E-state index contributed by atoms with van der Waals surface area (Å²) in [6.07, 6.45) is 4.80. The maximum Gasteiger partial charge on any atom is 0.255 e. The highest BCUT2D eigenvalue weighted by molar-refractivity contribution is 7.84. The van der Waals surface area contributed by atoms with E-state index in [0.717, 1.165) is 5.69 Å². The predicted octanol–water partition coefficient (Wildman–Crippen LogP) is 2.26. The molecule has 2 aromatic carbocycles. The van der Waals surface area contributed by atoms with Gasteiger partial charge in [0.25, 0.3) is 5.91 Å². The third-order valence-corrected chi connectivity index (χ3v) is 4.16. The lowest BCUT2D eigenvalue weighted by atomic mass is 10.2. The maximum atomic E-state index is 12.2. The van der Waals surface area contributed by atoms with Gasteiger partial charge in [0.05, 0.1) is 18.1 Å². The van der Waals surface area contributed by atoms with E-state index < -0.39 is 10.8 Å². The number of amides is 1. The second-order valence-electron chi connectivity index (χ2n) is 4.80. The lowest BCUT2D eigenvalue weighted by Crippen LogP contribution is -2.12. The van der Waals surface area contributed by atoms with Crippen molar-refractivity contribution in [3.05, 3.63) is 66.5 Å². The summed E-state index contributed by atoms with van der Waals surface area (Å²) in [5, 5.41) is 10.9. The standard InChI is InChI=1S/C16H14N4O2S/c1-23(22)15-8-2-12(3-9-15)16(21)19-13-4-6-14(7-5-13)20-17-10-11-18-20/h2-11H,1H3,(H,19,21). The summed E-state index contributed by atoms with van der Waals surface area (Å²) < 4.78 is 11.3. The third kappa shape index (κ3) is 3.51. The fourth-order valence-corrected chi connectivity index (χ4v) is 2.55. The number of hydrogen-bond donors (Lipinski definition) is 1. The van der Waals surface area contributed by atoms with E-state index in [1.165, 1.54) is 4.80 Å². The number of benzene rings is 2. The first-order chi connectivity index (χ1) is 11.1. The molecule has 0 saturated heterocycles. The number of carbonyl (C=O) groups is 1. The number of nitrogens with one attached hydrogen (secondary N) is 1. The Bertz CT molecular complexity index is 828. The van der Waals surface area contributed by atoms with Crippen LogP contribution in [0.3, 0.4) is 0 Å². The van der Waals surface area contributed by atoms with Crippen molar-refractivity contribution in [2.75, 3.05) is 11.6 Å². The van der Waals surface area contributed by atoms with Crippen LogP contribution in [0.25, 0.3) is 5.69 Å². The number of nitrogens with zero attached hydrogens (tertiary/aromatic N) is 3. The highest BCUT2D eigenvalue weighted by Gasteiger charge is 2.07. The number of hydrogen-bond acceptors (Lipinski definition) is 4. The lowest BCUT2D eigenvalue weighted by Gasteiger charge is -2.07. The van der Waals surface area contributed by atoms with Crippen molar-refractivity contribution >= 4 is 22.4 Å². The van der Waals surface area contributed by atoms with Gasteiger partial charge in [0.15, 0.2) is 0 Å². The Kier molecular flexibility index (Phi) is 4.29. The molecule has 1 N–H and O–H groups in total. The van der Waals surface area contributed by atoms with Crippen LogP contribution < -0.4 is 5.32 Å². The van der Waals surface area contributed by atoms with E-state index in [-0.39, 0.29) is 5.91 Å². The second kappa shape index (κ2) is 6.53. The van der Waals surface area contributed by atoms with Crippen molar-refractivity contribution < 1.29 is 9.00 Å². The molecule has 0 spiro atoms. The first kappa shape index (κ1) is 15.1. The van der Waals surface area contributed by atoms with Gasteiger partial charge in [-0.05, 0) is 48.5 Å². The smallest absolute Gasteiger partial charge is 0.255 e. The fourth-order valence-electron chi connectivity index (χ4n) is 2.03. The van der Waals surface area contributed by atoms with Crippen LogP contribution in [-0.2, 0) is 10.8 Å². The number of rotatable bonds is 4. The van der Waals surface area contributed by atoms with Crippen LogP contribution in [0.2, 0.25) is 0 Å². The van der Waals surface area contributed by atoms with Crippen molar-refractivity contribution in [2.45, 2.75) is 4.90 Å². The minimum absolute atomic E-state index is 0.219. The number of aromatic nitrogens is 3. The molecule has 0 saturated carbocycles. The molecule has 0 aliphatic heterocycles. The molecule has 7 heteroatoms. The molecule has 116 valence electrons. The zero-order valence-electron chi connectivity index (χ0n) is 12.3. The van der Waals surface area contributed by atoms with E-state index in [0.29, 0.717) is 16.1 Å². The van der Waals surface area contributed by atoms with Gasteiger partial charge in [0, 0.05) is 33.2 Å². The molecule has 0 bridgehead atoms. The Labute approximate surface area is 135 Å². The summed E-state index contributed by atoms with van der Waals surface area (Å²) in [6, 6.07) is 13.9. The van der Waals surface area contributed by atoms with Crippen LogP contribution in [0.15, 0.2) is 65.8 Å². The van der Waals surface area contributed by atoms with E-state index >= 15 is 0 Å². The van der Waals surface area contributed by atoms with Gasteiger partial charge in [-0.3, -0.25) is 9.00 Å². The molecule has 23 heavy (non-hydrogen) atoms. The van der Waals surface area contributed by atoms with Gasteiger partial charge in [0.2, 0.25) is 0 Å². The molecule has 1 unspecified atom stereocenters. The molecule has 0 fully saturated rings. The van der Waals surface area contributed by atoms with E-state index in [9.17, 15) is 9.00 Å². The van der Waals surface area contributed by atoms with Crippen molar-refractivity contribution in [3.63, 3.8) is 0 Å². The first-order valence-electron chi connectivity index (χ1n) is 6.85. The van der Waals surface area contributed by atoms with Gasteiger partial charge in [-0.1, -0.05) is 0 Å². The van der Waals surface area contributed by atoms with Crippen molar-refractivity contribution in [3.8, 4) is 5.69 Å². The van der Waals surface area contributed by atoms with Crippen LogP contribution in [0.4, 0.5) is 5.69 Å². The molecular weight excluding hydrogens is 312 g/mol. The topological polar surface area (TPSA) is 76.9 Å². The third-order valence-electron chi connectivity index (χ3n) is 3.22. The van der Waals surface area contributed by atoms with E-state index in [1.807, 2.05) is 12.1 Å². The largest absolute Gasteiger partial charge is 0.322 e. The van der Waals surface area contributed by atoms with E-state index in [2.05, 4.69) is 15.5 Å². The highest BCUT2D eigenvalue weighted by Crippen LogP contribution is 2.14. The molecule has 3 aromatic rings. The second-order valence-corrected chi connectivity index (χ2v) is 6.18. The average molecular weight is 326 g/mol. The fraction of sp³-hybridized carbons (Fsp3) is 0.0625. The molecule has 1 amide bonds. The minimum atomic E-state index is -1.05. The Morgan fingerprint density at radius 1 is 1.00 bits per heavy atom. The molecule has 0 radical (unpaired) electrons. The van der Waals surface area contributed by atoms with Gasteiger partial charge < -0.3 is 5.32 Å². The molecule has 6 nitrogen and oxygen atoms in total. The van der Waals surface area contributed by atoms with Crippen molar-refractivity contribution in [1.82, 2.24) is 15.0 Å². The van der Waals surface area contributed by atoms with Gasteiger partial charge in [-0.15, -0.1) is 0 Å². The normalized spacial score (nSPS) is 11.9. The van der Waals surface area contributed by atoms with Crippen molar-refractivity contribution in [1.29, 1.82) is 0 Å². The molecule has 1 aromatic heterocycles. The summed E-state index contributed by atoms with van der Waals surface area (Å²) in [5.74, 6) is -0.219. The highest BCUT2D eigenvalue weighted by atomic mass is 32.2. The van der Waals surface area contributed by atoms with Crippen LogP contribution in [0, 0.1) is 0 Å². The Morgan fingerprint density at radius 2 is 1.61 bits per heavy atom. The van der Waals surface area contributed by atoms with Gasteiger partial charge in [-0.2, -0.15) is 15.0 Å². The zero-order chi connectivity index (χ0) is 16.2. The molecule has 1 atom stereocenters. The zero-order valence-corrected chi connectivity index (χ0v) is 13.2. The predicted molar refractivity (Wildman–Crippen MR) is 88.1 cm³/mol. The molecule has 1 heterocycles. The lowest BCUT2D eigenvalue weighted by molar-refractivity contribution is 0.102. The average Bonchev–Trinajstić information content (AvgIpc) is 3.10. The molecular formula is C16H14N4O2S. The van der Waals surface area contributed by atoms with E-state index in [4.69, 9.17) is 0 Å². The van der Waals surface area contributed by atoms with Gasteiger partial charge in [-0.25, -0.2) is 0 Å². The first-order valence-corrected chi connectivity index (χ1v) is 8.41. The van der Waals surface area contributed by atoms with Crippen LogP contribution in [0.5, 0.6) is 0 Å². The number of carbonyl (C=O) groups excluding carboxylic acids is 1. The summed E-state index contributed by atoms with van der Waals surface area (Å²) in [7, 11) is -1.05. The summed E-state index contributed by atoms with van der Waals surface area (Å²) in [5.41, 5.74) is 1.99. The molecule has 0 aliphatic carbocycles. The van der Waals surface area contributed by atoms with E-state index in [1.54, 1.807) is 55.0 Å². The summed E-state index contributed by atoms with van der Waals surface area (Å²) >= 11 is 0. The Morgan fingerprint density at radius 3 is 2.17 bits per heavy atom. The van der Waals surface area contributed by atoms with Crippen LogP contribution in [0.1, 0.15) is 10.4 Å². The summed E-state index contributed by atoms with van der Waals surface area (Å²) in [4.78, 5) is 14.4. The quantitative estimate of drug-likeness (QED) is 0.798. The minimum Gasteiger partial charge on any atom is -0.322 e. The molecule has 3 rings (SSSR count). The summed E-state index contributed by atoms with van der Waals surface area (Å²) in [6.45, 7) is 0. The van der Waals surface area contributed by atoms with Crippen LogP contribution in [-0.4, -0.2) is 31.4 Å². The maximum absolute atomic E-state index is 12.2. The molecule has 0 aliphatic rings. The number of anilines is 1. The van der Waals surface area contributed by atoms with Crippen molar-refractivity contribution in [2.24, 2.45) is 0 Å². The van der Waals surface area contributed by atoms with Crippen LogP contribution >= 0.6 is 0 Å². The van der Waals surface area contributed by atoms with Gasteiger partial charge in [0.1, 0.15) is 0 Å². The Balaban J connectivity index is 1.71. The SMILES string of the molecule is CS(=O)c1ccc(C(=O)Nc2ccc(-n3nccn3)cc2)cc1. The Hall–Kier alpha value is -2.80. The monoisotopic (exact) mass is 326 g/mol. The van der Waals surface area contributed by atoms with Gasteiger partial charge >= 0.3 is 0 Å².